The van der Waals surface area contributed by atoms with Crippen molar-refractivity contribution in [3.05, 3.63) is 0 Å². The molecule has 0 bridgehead atoms. The highest BCUT2D eigenvalue weighted by Gasteiger charge is 2.25. The van der Waals surface area contributed by atoms with E-state index in [9.17, 15) is 9.59 Å². The molecule has 2 amide bonds. The van der Waals surface area contributed by atoms with E-state index in [2.05, 4.69) is 5.32 Å². The van der Waals surface area contributed by atoms with E-state index in [-0.39, 0.29) is 12.5 Å². The van der Waals surface area contributed by atoms with Crippen LogP contribution in [0.5, 0.6) is 0 Å². The van der Waals surface area contributed by atoms with Crippen LogP contribution in [0.2, 0.25) is 0 Å². The van der Waals surface area contributed by atoms with Crippen molar-refractivity contribution >= 4 is 23.8 Å². The van der Waals surface area contributed by atoms with E-state index in [1.54, 1.807) is 37.6 Å². The Morgan fingerprint density at radius 1 is 1.44 bits per heavy atom. The van der Waals surface area contributed by atoms with Crippen LogP contribution in [0, 0.1) is 0 Å². The van der Waals surface area contributed by atoms with E-state index in [0.717, 1.165) is 5.75 Å². The van der Waals surface area contributed by atoms with E-state index in [1.807, 2.05) is 6.26 Å². The molecule has 5 nitrogen and oxygen atoms in total. The number of carbonyl (C=O) groups is 2. The van der Waals surface area contributed by atoms with Crippen molar-refractivity contribution < 1.29 is 14.7 Å². The topological polar surface area (TPSA) is 69.6 Å². The van der Waals surface area contributed by atoms with Crippen molar-refractivity contribution in [2.75, 3.05) is 25.6 Å². The van der Waals surface area contributed by atoms with Crippen molar-refractivity contribution in [3.63, 3.8) is 0 Å². The van der Waals surface area contributed by atoms with Gasteiger partial charge in [0.25, 0.3) is 0 Å². The molecule has 0 atom stereocenters. The Morgan fingerprint density at radius 3 is 2.44 bits per heavy atom. The molecule has 0 aliphatic heterocycles. The highest BCUT2D eigenvalue weighted by Crippen LogP contribution is 2.08. The molecule has 6 heteroatoms. The van der Waals surface area contributed by atoms with Gasteiger partial charge in [-0.2, -0.15) is 11.8 Å². The summed E-state index contributed by atoms with van der Waals surface area (Å²) >= 11 is 1.66. The smallest absolute Gasteiger partial charge is 0.317 e. The summed E-state index contributed by atoms with van der Waals surface area (Å²) in [5, 5.41) is 11.4. The highest BCUT2D eigenvalue weighted by atomic mass is 32.2. The summed E-state index contributed by atoms with van der Waals surface area (Å²) in [6.45, 7) is 4.04. The molecule has 2 N–H and O–H groups in total. The predicted octanol–water partition coefficient (Wildman–Crippen LogP) is 1.24. The lowest BCUT2D eigenvalue weighted by molar-refractivity contribution is -0.138. The molecule has 0 radical (unpaired) electrons. The van der Waals surface area contributed by atoms with Gasteiger partial charge in [0.1, 0.15) is 0 Å². The summed E-state index contributed by atoms with van der Waals surface area (Å²) in [4.78, 5) is 23.8. The fraction of sp³-hybridized carbons (Fsp3) is 0.800. The molecule has 0 saturated carbocycles. The van der Waals surface area contributed by atoms with Gasteiger partial charge >= 0.3 is 12.0 Å². The maximum atomic E-state index is 11.7. The Bertz CT molecular complexity index is 256. The number of urea groups is 1. The number of thioether (sulfide) groups is 1. The first-order chi connectivity index (χ1) is 7.28. The number of hydrogen-bond donors (Lipinski definition) is 2. The third kappa shape index (κ3) is 6.55. The lowest BCUT2D eigenvalue weighted by Crippen LogP contribution is -2.50. The summed E-state index contributed by atoms with van der Waals surface area (Å²) in [5.74, 6) is -0.0550. The van der Waals surface area contributed by atoms with Crippen molar-refractivity contribution in [2.24, 2.45) is 0 Å². The number of carboxylic acid groups (broad SMARTS) is 1. The minimum atomic E-state index is -0.919. The van der Waals surface area contributed by atoms with Crippen molar-refractivity contribution in [3.8, 4) is 0 Å². The maximum Gasteiger partial charge on any atom is 0.317 e. The van der Waals surface area contributed by atoms with Crippen molar-refractivity contribution in [1.82, 2.24) is 10.2 Å². The molecule has 0 rings (SSSR count). The average Bonchev–Trinajstić information content (AvgIpc) is 2.10. The van der Waals surface area contributed by atoms with Crippen LogP contribution in [0.25, 0.3) is 0 Å². The minimum Gasteiger partial charge on any atom is -0.481 e. The zero-order valence-corrected chi connectivity index (χ0v) is 11.1. The Morgan fingerprint density at radius 2 is 2.00 bits per heavy atom. The molecule has 0 unspecified atom stereocenters. The number of hydrogen-bond acceptors (Lipinski definition) is 3. The van der Waals surface area contributed by atoms with Gasteiger partial charge in [0, 0.05) is 24.9 Å². The molecular weight excluding hydrogens is 228 g/mol. The highest BCUT2D eigenvalue weighted by molar-refractivity contribution is 7.98. The second-order valence-electron chi connectivity index (χ2n) is 4.30. The molecule has 16 heavy (non-hydrogen) atoms. The van der Waals surface area contributed by atoms with Crippen LogP contribution in [0.3, 0.4) is 0 Å². The minimum absolute atomic E-state index is 0.0882. The summed E-state index contributed by atoms with van der Waals surface area (Å²) < 4.78 is 0. The number of aliphatic carboxylic acids is 1. The van der Waals surface area contributed by atoms with Gasteiger partial charge in [-0.3, -0.25) is 4.79 Å². The number of carboxylic acids is 1. The number of carbonyl (C=O) groups excluding carboxylic acids is 1. The maximum absolute atomic E-state index is 11.7. The first kappa shape index (κ1) is 15.1. The Hall–Kier alpha value is -0.910. The lowest BCUT2D eigenvalue weighted by Gasteiger charge is -2.27. The van der Waals surface area contributed by atoms with Crippen LogP contribution in [0.1, 0.15) is 20.3 Å². The molecule has 0 aromatic rings. The van der Waals surface area contributed by atoms with Crippen LogP contribution >= 0.6 is 11.8 Å². The zero-order chi connectivity index (χ0) is 12.8. The molecule has 0 heterocycles. The van der Waals surface area contributed by atoms with Gasteiger partial charge in [0.2, 0.25) is 0 Å². The lowest BCUT2D eigenvalue weighted by atomic mass is 10.0. The molecule has 0 aliphatic carbocycles. The first-order valence-electron chi connectivity index (χ1n) is 5.02. The van der Waals surface area contributed by atoms with Gasteiger partial charge in [0.15, 0.2) is 0 Å². The number of rotatable bonds is 6. The Labute approximate surface area is 101 Å². The zero-order valence-electron chi connectivity index (χ0n) is 10.2. The second-order valence-corrected chi connectivity index (χ2v) is 5.28. The number of amides is 2. The average molecular weight is 248 g/mol. The van der Waals surface area contributed by atoms with E-state index < -0.39 is 11.5 Å². The van der Waals surface area contributed by atoms with Gasteiger partial charge in [-0.05, 0) is 20.1 Å². The third-order valence-electron chi connectivity index (χ3n) is 2.02. The normalized spacial score (nSPS) is 11.0. The molecule has 0 aliphatic rings. The van der Waals surface area contributed by atoms with E-state index in [4.69, 9.17) is 5.11 Å². The fourth-order valence-corrected chi connectivity index (χ4v) is 1.59. The van der Waals surface area contributed by atoms with Crippen LogP contribution in [0.4, 0.5) is 4.79 Å². The quantitative estimate of drug-likeness (QED) is 0.742. The van der Waals surface area contributed by atoms with E-state index in [0.29, 0.717) is 6.54 Å². The first-order valence-corrected chi connectivity index (χ1v) is 6.42. The molecule has 0 fully saturated rings. The van der Waals surface area contributed by atoms with Gasteiger partial charge in [0.05, 0.1) is 6.42 Å². The molecule has 0 aromatic heterocycles. The van der Waals surface area contributed by atoms with Crippen LogP contribution in [0.15, 0.2) is 0 Å². The molecular formula is C10H20N2O3S. The molecule has 0 aromatic carbocycles. The third-order valence-corrected chi connectivity index (χ3v) is 2.61. The van der Waals surface area contributed by atoms with Gasteiger partial charge in [-0.1, -0.05) is 0 Å². The molecule has 0 spiro atoms. The summed E-state index contributed by atoms with van der Waals surface area (Å²) in [7, 11) is 1.70. The summed E-state index contributed by atoms with van der Waals surface area (Å²) in [6, 6.07) is -0.236. The van der Waals surface area contributed by atoms with Gasteiger partial charge in [-0.15, -0.1) is 0 Å². The molecule has 0 saturated heterocycles. The Kier molecular flexibility index (Phi) is 6.25. The van der Waals surface area contributed by atoms with Crippen LogP contribution in [-0.2, 0) is 4.79 Å². The summed E-state index contributed by atoms with van der Waals surface area (Å²) in [6.07, 6.45) is 1.88. The standard InChI is InChI=1S/C10H20N2O3S/c1-10(2,7-8(13)14)11-9(15)12(3)5-6-16-4/h5-7H2,1-4H3,(H,11,15)(H,13,14). The predicted molar refractivity (Wildman–Crippen MR) is 65.9 cm³/mol. The van der Waals surface area contributed by atoms with Crippen molar-refractivity contribution in [2.45, 2.75) is 25.8 Å². The van der Waals surface area contributed by atoms with Gasteiger partial charge < -0.3 is 15.3 Å². The van der Waals surface area contributed by atoms with E-state index in [1.165, 1.54) is 0 Å². The number of nitrogens with zero attached hydrogens (tertiary/aromatic N) is 1. The SMILES string of the molecule is CSCCN(C)C(=O)NC(C)(C)CC(=O)O. The fourth-order valence-electron chi connectivity index (χ4n) is 1.14. The molecule has 94 valence electrons. The van der Waals surface area contributed by atoms with Gasteiger partial charge in [-0.25, -0.2) is 4.79 Å². The summed E-state index contributed by atoms with van der Waals surface area (Å²) in [5.41, 5.74) is -0.726. The monoisotopic (exact) mass is 248 g/mol. The van der Waals surface area contributed by atoms with Crippen molar-refractivity contribution in [1.29, 1.82) is 0 Å². The van der Waals surface area contributed by atoms with E-state index >= 15 is 0 Å². The second kappa shape index (κ2) is 6.62. The number of nitrogens with one attached hydrogen (secondary N) is 1. The largest absolute Gasteiger partial charge is 0.481 e. The van der Waals surface area contributed by atoms with Crippen LogP contribution < -0.4 is 5.32 Å². The Balaban J connectivity index is 4.15. The van der Waals surface area contributed by atoms with Crippen LogP contribution in [-0.4, -0.2) is 53.1 Å².